The van der Waals surface area contributed by atoms with E-state index in [-0.39, 0.29) is 23.8 Å². The molecule has 0 bridgehead atoms. The van der Waals surface area contributed by atoms with E-state index >= 15 is 0 Å². The predicted molar refractivity (Wildman–Crippen MR) is 90.7 cm³/mol. The quantitative estimate of drug-likeness (QED) is 0.889. The van der Waals surface area contributed by atoms with Crippen molar-refractivity contribution in [3.63, 3.8) is 0 Å². The molecule has 1 atom stereocenters. The summed E-state index contributed by atoms with van der Waals surface area (Å²) in [7, 11) is 0. The molecule has 0 spiro atoms. The van der Waals surface area contributed by atoms with Crippen LogP contribution >= 0.6 is 15.9 Å². The second kappa shape index (κ2) is 7.77. The average Bonchev–Trinajstić information content (AvgIpc) is 2.54. The molecule has 0 aromatic heterocycles. The van der Waals surface area contributed by atoms with Crippen LogP contribution in [0.4, 0.5) is 0 Å². The number of carbonyl (C=O) groups is 2. The number of amides is 2. The molecule has 0 radical (unpaired) electrons. The Morgan fingerprint density at radius 3 is 2.64 bits per heavy atom. The van der Waals surface area contributed by atoms with Gasteiger partial charge in [-0.25, -0.2) is 0 Å². The van der Waals surface area contributed by atoms with E-state index in [9.17, 15) is 9.59 Å². The maximum atomic E-state index is 12.5. The molecule has 1 saturated heterocycles. The highest BCUT2D eigenvalue weighted by atomic mass is 79.9. The molecule has 5 heteroatoms. The molecule has 1 aromatic carbocycles. The van der Waals surface area contributed by atoms with Gasteiger partial charge in [0.2, 0.25) is 5.91 Å². The van der Waals surface area contributed by atoms with Crippen molar-refractivity contribution in [1.29, 1.82) is 0 Å². The van der Waals surface area contributed by atoms with E-state index in [1.165, 1.54) is 0 Å². The van der Waals surface area contributed by atoms with E-state index in [2.05, 4.69) is 28.2 Å². The lowest BCUT2D eigenvalue weighted by atomic mass is 9.95. The molecule has 22 heavy (non-hydrogen) atoms. The lowest BCUT2D eigenvalue weighted by Gasteiger charge is -2.32. The first-order chi connectivity index (χ1) is 10.5. The Labute approximate surface area is 140 Å². The van der Waals surface area contributed by atoms with Gasteiger partial charge in [0.1, 0.15) is 0 Å². The second-order valence-corrected chi connectivity index (χ2v) is 6.81. The van der Waals surface area contributed by atoms with Gasteiger partial charge < -0.3 is 10.2 Å². The van der Waals surface area contributed by atoms with Crippen molar-refractivity contribution in [2.45, 2.75) is 39.2 Å². The Morgan fingerprint density at radius 1 is 1.36 bits per heavy atom. The lowest BCUT2D eigenvalue weighted by Crippen LogP contribution is -2.44. The number of nitrogens with one attached hydrogen (secondary N) is 1. The van der Waals surface area contributed by atoms with Gasteiger partial charge in [-0.2, -0.15) is 0 Å². The smallest absolute Gasteiger partial charge is 0.253 e. The van der Waals surface area contributed by atoms with Gasteiger partial charge in [0.05, 0.1) is 0 Å². The molecule has 1 fully saturated rings. The number of likely N-dealkylation sites (tertiary alicyclic amines) is 1. The van der Waals surface area contributed by atoms with Crippen LogP contribution in [0.15, 0.2) is 28.7 Å². The van der Waals surface area contributed by atoms with Crippen molar-refractivity contribution >= 4 is 27.7 Å². The third-order valence-electron chi connectivity index (χ3n) is 4.23. The summed E-state index contributed by atoms with van der Waals surface area (Å²) in [6, 6.07) is 7.65. The van der Waals surface area contributed by atoms with Crippen molar-refractivity contribution in [3.05, 3.63) is 34.3 Å². The number of nitrogens with zero attached hydrogens (tertiary/aromatic N) is 1. The van der Waals surface area contributed by atoms with Crippen LogP contribution in [0.3, 0.4) is 0 Å². The largest absolute Gasteiger partial charge is 0.353 e. The zero-order valence-corrected chi connectivity index (χ0v) is 14.7. The molecule has 2 amide bonds. The van der Waals surface area contributed by atoms with E-state index in [0.717, 1.165) is 23.7 Å². The highest BCUT2D eigenvalue weighted by Crippen LogP contribution is 2.21. The topological polar surface area (TPSA) is 49.4 Å². The van der Waals surface area contributed by atoms with E-state index in [4.69, 9.17) is 0 Å². The summed E-state index contributed by atoms with van der Waals surface area (Å²) in [4.78, 5) is 26.4. The highest BCUT2D eigenvalue weighted by Gasteiger charge is 2.28. The van der Waals surface area contributed by atoms with Crippen molar-refractivity contribution in [2.75, 3.05) is 13.1 Å². The van der Waals surface area contributed by atoms with Crippen molar-refractivity contribution in [2.24, 2.45) is 5.92 Å². The van der Waals surface area contributed by atoms with Crippen LogP contribution in [0.1, 0.15) is 43.5 Å². The fourth-order valence-corrected chi connectivity index (χ4v) is 3.01. The summed E-state index contributed by atoms with van der Waals surface area (Å²) < 4.78 is 0.904. The molecule has 1 aliphatic heterocycles. The Hall–Kier alpha value is -1.36. The van der Waals surface area contributed by atoms with Crippen LogP contribution in [0.5, 0.6) is 0 Å². The first-order valence-electron chi connectivity index (χ1n) is 7.86. The van der Waals surface area contributed by atoms with Gasteiger partial charge in [-0.15, -0.1) is 0 Å². The molecule has 2 rings (SSSR count). The number of rotatable bonds is 4. The van der Waals surface area contributed by atoms with E-state index in [1.54, 1.807) is 0 Å². The maximum Gasteiger partial charge on any atom is 0.253 e. The number of carbonyl (C=O) groups excluding carboxylic acids is 2. The van der Waals surface area contributed by atoms with Gasteiger partial charge >= 0.3 is 0 Å². The molecule has 1 unspecified atom stereocenters. The number of piperidine rings is 1. The zero-order chi connectivity index (χ0) is 16.1. The average molecular weight is 367 g/mol. The van der Waals surface area contributed by atoms with Crippen LogP contribution in [0, 0.1) is 5.92 Å². The predicted octanol–water partition coefficient (Wildman–Crippen LogP) is 3.22. The van der Waals surface area contributed by atoms with Crippen molar-refractivity contribution < 1.29 is 9.59 Å². The van der Waals surface area contributed by atoms with Crippen LogP contribution in [0.2, 0.25) is 0 Å². The minimum absolute atomic E-state index is 0.0283. The summed E-state index contributed by atoms with van der Waals surface area (Å²) in [5, 5.41) is 3.03. The maximum absolute atomic E-state index is 12.5. The van der Waals surface area contributed by atoms with Gasteiger partial charge in [0.15, 0.2) is 0 Å². The summed E-state index contributed by atoms with van der Waals surface area (Å²) in [5.41, 5.74) is 0.692. The first kappa shape index (κ1) is 17.0. The zero-order valence-electron chi connectivity index (χ0n) is 13.1. The van der Waals surface area contributed by atoms with E-state index < -0.39 is 0 Å². The summed E-state index contributed by atoms with van der Waals surface area (Å²) >= 11 is 3.39. The van der Waals surface area contributed by atoms with Crippen LogP contribution in [0.25, 0.3) is 0 Å². The highest BCUT2D eigenvalue weighted by molar-refractivity contribution is 9.10. The van der Waals surface area contributed by atoms with Crippen molar-refractivity contribution in [3.8, 4) is 0 Å². The second-order valence-electron chi connectivity index (χ2n) is 5.89. The van der Waals surface area contributed by atoms with Crippen LogP contribution < -0.4 is 5.32 Å². The molecular weight excluding hydrogens is 344 g/mol. The Morgan fingerprint density at radius 2 is 2.05 bits per heavy atom. The fourth-order valence-electron chi connectivity index (χ4n) is 2.61. The third kappa shape index (κ3) is 4.32. The number of hydrogen-bond donors (Lipinski definition) is 1. The van der Waals surface area contributed by atoms with Crippen LogP contribution in [-0.2, 0) is 4.79 Å². The number of benzene rings is 1. The van der Waals surface area contributed by atoms with Gasteiger partial charge in [0, 0.05) is 35.1 Å². The van der Waals surface area contributed by atoms with Gasteiger partial charge in [-0.05, 0) is 44.4 Å². The monoisotopic (exact) mass is 366 g/mol. The Kier molecular flexibility index (Phi) is 6.00. The first-order valence-corrected chi connectivity index (χ1v) is 8.65. The minimum Gasteiger partial charge on any atom is -0.353 e. The Bertz CT molecular complexity index is 539. The van der Waals surface area contributed by atoms with E-state index in [0.29, 0.717) is 18.7 Å². The molecule has 120 valence electrons. The molecule has 0 saturated carbocycles. The van der Waals surface area contributed by atoms with Crippen molar-refractivity contribution in [1.82, 2.24) is 10.2 Å². The lowest BCUT2D eigenvalue weighted by molar-refractivity contribution is -0.126. The molecule has 4 nitrogen and oxygen atoms in total. The number of halogens is 1. The summed E-state index contributed by atoms with van der Waals surface area (Å²) in [6.45, 7) is 5.36. The van der Waals surface area contributed by atoms with E-state index in [1.807, 2.05) is 36.1 Å². The normalized spacial score (nSPS) is 17.1. The van der Waals surface area contributed by atoms with Crippen LogP contribution in [-0.4, -0.2) is 35.8 Å². The third-order valence-corrected chi connectivity index (χ3v) is 4.72. The molecular formula is C17H23BrN2O2. The fraction of sp³-hybridized carbons (Fsp3) is 0.529. The summed E-state index contributed by atoms with van der Waals surface area (Å²) in [6.07, 6.45) is 2.41. The van der Waals surface area contributed by atoms with Gasteiger partial charge in [-0.1, -0.05) is 28.9 Å². The van der Waals surface area contributed by atoms with Gasteiger partial charge in [0.25, 0.3) is 5.91 Å². The molecule has 0 aliphatic carbocycles. The summed E-state index contributed by atoms with van der Waals surface area (Å²) in [5.74, 6) is 0.201. The molecule has 1 N–H and O–H groups in total. The molecule has 1 aromatic rings. The number of hydrogen-bond acceptors (Lipinski definition) is 2. The standard InChI is InChI=1S/C17H23BrN2O2/c1-3-12(2)19-16(21)13-7-9-20(10-8-13)17(22)14-5-4-6-15(18)11-14/h4-6,11-13H,3,7-10H2,1-2H3,(H,19,21). The molecule has 1 heterocycles. The SMILES string of the molecule is CCC(C)NC(=O)C1CCN(C(=O)c2cccc(Br)c2)CC1. The minimum atomic E-state index is 0.0283. The Balaban J connectivity index is 1.89. The van der Waals surface area contributed by atoms with Gasteiger partial charge in [-0.3, -0.25) is 9.59 Å². The molecule has 1 aliphatic rings.